The number of aryl methyl sites for hydroxylation is 1. The lowest BCUT2D eigenvalue weighted by Crippen LogP contribution is -2.24. The van der Waals surface area contributed by atoms with Crippen molar-refractivity contribution in [2.24, 2.45) is 0 Å². The molecule has 1 aromatic rings. The van der Waals surface area contributed by atoms with Crippen LogP contribution in [-0.4, -0.2) is 44.2 Å². The molecule has 0 fully saturated rings. The Labute approximate surface area is 104 Å². The zero-order chi connectivity index (χ0) is 13.9. The number of hydrogen-bond acceptors (Lipinski definition) is 6. The number of nitrogens with zero attached hydrogens (tertiary/aromatic N) is 3. The lowest BCUT2D eigenvalue weighted by atomic mass is 10.3. The average molecular weight is 258 g/mol. The quantitative estimate of drug-likeness (QED) is 0.504. The van der Waals surface area contributed by atoms with E-state index in [1.54, 1.807) is 6.92 Å². The molecule has 1 aromatic heterocycles. The predicted octanol–water partition coefficient (Wildman–Crippen LogP) is 0.446. The van der Waals surface area contributed by atoms with Crippen molar-refractivity contribution in [1.29, 1.82) is 0 Å². The van der Waals surface area contributed by atoms with E-state index in [2.05, 4.69) is 10.4 Å². The van der Waals surface area contributed by atoms with Gasteiger partial charge in [-0.05, 0) is 20.8 Å². The molecule has 1 unspecified atom stereocenters. The van der Waals surface area contributed by atoms with Gasteiger partial charge in [-0.25, -0.2) is 4.68 Å². The first kappa shape index (κ1) is 14.4. The molecule has 0 radical (unpaired) electrons. The number of hydrogen-bond donors (Lipinski definition) is 3. The SMILES string of the molecule is Cc1nn(C(C)C)c(NCC(O)CO)c1[N+](=O)[O-]. The van der Waals surface area contributed by atoms with Crippen molar-refractivity contribution in [3.63, 3.8) is 0 Å². The van der Waals surface area contributed by atoms with Crippen LogP contribution in [0.3, 0.4) is 0 Å². The number of aliphatic hydroxyl groups is 2. The van der Waals surface area contributed by atoms with Gasteiger partial charge < -0.3 is 15.5 Å². The second-order valence-electron chi connectivity index (χ2n) is 4.30. The second-order valence-corrected chi connectivity index (χ2v) is 4.30. The van der Waals surface area contributed by atoms with Gasteiger partial charge in [0, 0.05) is 12.6 Å². The van der Waals surface area contributed by atoms with Crippen molar-refractivity contribution in [3.8, 4) is 0 Å². The lowest BCUT2D eigenvalue weighted by molar-refractivity contribution is -0.384. The van der Waals surface area contributed by atoms with Crippen LogP contribution in [0.4, 0.5) is 11.5 Å². The Balaban J connectivity index is 3.08. The first-order valence-corrected chi connectivity index (χ1v) is 5.64. The molecule has 0 spiro atoms. The van der Waals surface area contributed by atoms with E-state index in [1.165, 1.54) is 4.68 Å². The number of nitrogens with one attached hydrogen (secondary N) is 1. The highest BCUT2D eigenvalue weighted by atomic mass is 16.6. The first-order valence-electron chi connectivity index (χ1n) is 5.64. The number of aromatic nitrogens is 2. The largest absolute Gasteiger partial charge is 0.394 e. The van der Waals surface area contributed by atoms with Crippen molar-refractivity contribution in [2.45, 2.75) is 32.9 Å². The summed E-state index contributed by atoms with van der Waals surface area (Å²) >= 11 is 0. The lowest BCUT2D eigenvalue weighted by Gasteiger charge is -2.13. The molecule has 0 saturated heterocycles. The van der Waals surface area contributed by atoms with E-state index in [4.69, 9.17) is 5.11 Å². The minimum absolute atomic E-state index is 0.0230. The zero-order valence-electron chi connectivity index (χ0n) is 10.6. The molecule has 102 valence electrons. The molecule has 3 N–H and O–H groups in total. The fraction of sp³-hybridized carbons (Fsp3) is 0.700. The summed E-state index contributed by atoms with van der Waals surface area (Å²) in [6, 6.07) is -0.0498. The fourth-order valence-corrected chi connectivity index (χ4v) is 1.57. The van der Waals surface area contributed by atoms with E-state index in [9.17, 15) is 15.2 Å². The maximum atomic E-state index is 11.0. The molecular formula is C10H18N4O4. The van der Waals surface area contributed by atoms with Gasteiger partial charge in [0.1, 0.15) is 5.69 Å². The maximum Gasteiger partial charge on any atom is 0.333 e. The van der Waals surface area contributed by atoms with Crippen LogP contribution in [0.15, 0.2) is 0 Å². The highest BCUT2D eigenvalue weighted by molar-refractivity contribution is 5.59. The molecule has 8 nitrogen and oxygen atoms in total. The van der Waals surface area contributed by atoms with E-state index in [-0.39, 0.29) is 24.1 Å². The predicted molar refractivity (Wildman–Crippen MR) is 65.6 cm³/mol. The van der Waals surface area contributed by atoms with Crippen LogP contribution in [-0.2, 0) is 0 Å². The van der Waals surface area contributed by atoms with Crippen molar-refractivity contribution in [2.75, 3.05) is 18.5 Å². The van der Waals surface area contributed by atoms with Crippen molar-refractivity contribution < 1.29 is 15.1 Å². The second kappa shape index (κ2) is 5.78. The summed E-state index contributed by atoms with van der Waals surface area (Å²) in [6.07, 6.45) is -0.972. The third kappa shape index (κ3) is 2.96. The smallest absolute Gasteiger partial charge is 0.333 e. The van der Waals surface area contributed by atoms with Gasteiger partial charge in [0.2, 0.25) is 5.82 Å². The number of nitro groups is 1. The fourth-order valence-electron chi connectivity index (χ4n) is 1.57. The molecule has 1 atom stereocenters. The molecule has 1 rings (SSSR count). The van der Waals surface area contributed by atoms with Crippen molar-refractivity contribution in [1.82, 2.24) is 9.78 Å². The topological polar surface area (TPSA) is 113 Å². The summed E-state index contributed by atoms with van der Waals surface area (Å²) in [7, 11) is 0. The summed E-state index contributed by atoms with van der Waals surface area (Å²) in [5, 5.41) is 35.9. The summed E-state index contributed by atoms with van der Waals surface area (Å²) in [5.74, 6) is 0.250. The molecule has 1 heterocycles. The maximum absolute atomic E-state index is 11.0. The van der Waals surface area contributed by atoms with Crippen LogP contribution in [0.25, 0.3) is 0 Å². The van der Waals surface area contributed by atoms with Crippen molar-refractivity contribution >= 4 is 11.5 Å². The summed E-state index contributed by atoms with van der Waals surface area (Å²) in [5.41, 5.74) is 0.212. The van der Waals surface area contributed by atoms with E-state index >= 15 is 0 Å². The van der Waals surface area contributed by atoms with Crippen LogP contribution >= 0.6 is 0 Å². The first-order chi connectivity index (χ1) is 8.38. The highest BCUT2D eigenvalue weighted by Gasteiger charge is 2.26. The molecule has 0 amide bonds. The van der Waals surface area contributed by atoms with Gasteiger partial charge in [-0.2, -0.15) is 5.10 Å². The summed E-state index contributed by atoms with van der Waals surface area (Å²) in [6.45, 7) is 4.88. The van der Waals surface area contributed by atoms with Gasteiger partial charge in [0.25, 0.3) is 0 Å². The van der Waals surface area contributed by atoms with Crippen LogP contribution in [0, 0.1) is 17.0 Å². The van der Waals surface area contributed by atoms with Crippen LogP contribution in [0.2, 0.25) is 0 Å². The Kier molecular flexibility index (Phi) is 4.62. The third-order valence-corrected chi connectivity index (χ3v) is 2.44. The summed E-state index contributed by atoms with van der Waals surface area (Å²) in [4.78, 5) is 10.5. The molecule has 0 aliphatic carbocycles. The standard InChI is InChI=1S/C10H18N4O4/c1-6(2)13-10(11-4-8(16)5-15)9(14(17)18)7(3)12-13/h6,8,11,15-16H,4-5H2,1-3H3. The van der Waals surface area contributed by atoms with Gasteiger partial charge >= 0.3 is 5.69 Å². The summed E-state index contributed by atoms with van der Waals surface area (Å²) < 4.78 is 1.50. The molecular weight excluding hydrogens is 240 g/mol. The van der Waals surface area contributed by atoms with Gasteiger partial charge in [0.05, 0.1) is 17.6 Å². The Bertz CT molecular complexity index is 430. The Morgan fingerprint density at radius 1 is 1.56 bits per heavy atom. The van der Waals surface area contributed by atoms with Crippen LogP contribution in [0.1, 0.15) is 25.6 Å². The van der Waals surface area contributed by atoms with E-state index in [0.717, 1.165) is 0 Å². The molecule has 0 aliphatic heterocycles. The Hall–Kier alpha value is -1.67. The van der Waals surface area contributed by atoms with Gasteiger partial charge in [-0.1, -0.05) is 0 Å². The van der Waals surface area contributed by atoms with Crippen LogP contribution < -0.4 is 5.32 Å². The minimum Gasteiger partial charge on any atom is -0.394 e. The molecule has 0 bridgehead atoms. The molecule has 8 heteroatoms. The van der Waals surface area contributed by atoms with E-state index < -0.39 is 17.6 Å². The minimum atomic E-state index is -0.972. The zero-order valence-corrected chi connectivity index (χ0v) is 10.6. The molecule has 0 saturated carbocycles. The van der Waals surface area contributed by atoms with Crippen molar-refractivity contribution in [3.05, 3.63) is 15.8 Å². The number of aliphatic hydroxyl groups excluding tert-OH is 2. The van der Waals surface area contributed by atoms with E-state index in [1.807, 2.05) is 13.8 Å². The Morgan fingerprint density at radius 3 is 2.61 bits per heavy atom. The highest BCUT2D eigenvalue weighted by Crippen LogP contribution is 2.30. The number of rotatable bonds is 6. The monoisotopic (exact) mass is 258 g/mol. The van der Waals surface area contributed by atoms with Gasteiger partial charge in [-0.3, -0.25) is 10.1 Å². The van der Waals surface area contributed by atoms with Gasteiger partial charge in [-0.15, -0.1) is 0 Å². The Morgan fingerprint density at radius 2 is 2.17 bits per heavy atom. The average Bonchev–Trinajstić information content (AvgIpc) is 2.63. The van der Waals surface area contributed by atoms with E-state index in [0.29, 0.717) is 5.69 Å². The molecule has 18 heavy (non-hydrogen) atoms. The molecule has 0 aliphatic rings. The normalized spacial score (nSPS) is 12.8. The third-order valence-electron chi connectivity index (χ3n) is 2.44. The van der Waals surface area contributed by atoms with Gasteiger partial charge in [0.15, 0.2) is 0 Å². The number of anilines is 1. The van der Waals surface area contributed by atoms with Crippen LogP contribution in [0.5, 0.6) is 0 Å². The molecule has 0 aromatic carbocycles.